The zero-order valence-electron chi connectivity index (χ0n) is 23.2. The van der Waals surface area contributed by atoms with Crippen LogP contribution in [-0.4, -0.2) is 52.8 Å². The van der Waals surface area contributed by atoms with Crippen LogP contribution >= 0.6 is 15.9 Å². The maximum Gasteiger partial charge on any atom is 0.341 e. The maximum atomic E-state index is 13.5. The Morgan fingerprint density at radius 1 is 0.950 bits per heavy atom. The second-order valence-corrected chi connectivity index (χ2v) is 10.5. The van der Waals surface area contributed by atoms with Crippen LogP contribution < -0.4 is 24.8 Å². The fraction of sp³-hybridized carbons (Fsp3) is 0.355. The summed E-state index contributed by atoms with van der Waals surface area (Å²) in [5.41, 5.74) is 7.36. The van der Waals surface area contributed by atoms with Crippen molar-refractivity contribution in [2.45, 2.75) is 32.1 Å². The summed E-state index contributed by atoms with van der Waals surface area (Å²) in [7, 11) is 4.46. The Hall–Kier alpha value is -3.72. The van der Waals surface area contributed by atoms with Crippen molar-refractivity contribution in [3.05, 3.63) is 81.8 Å². The Morgan fingerprint density at radius 3 is 2.35 bits per heavy atom. The summed E-state index contributed by atoms with van der Waals surface area (Å²) in [4.78, 5) is 28.0. The summed E-state index contributed by atoms with van der Waals surface area (Å²) >= 11 is 3.51. The van der Waals surface area contributed by atoms with Gasteiger partial charge in [-0.1, -0.05) is 40.2 Å². The number of methoxy groups -OCH3 is 3. The number of esters is 1. The van der Waals surface area contributed by atoms with Crippen LogP contribution in [0.5, 0.6) is 11.5 Å². The first kappa shape index (κ1) is 29.3. The molecule has 40 heavy (non-hydrogen) atoms. The predicted molar refractivity (Wildman–Crippen MR) is 160 cm³/mol. The van der Waals surface area contributed by atoms with E-state index in [-0.39, 0.29) is 17.9 Å². The molecule has 0 aliphatic carbocycles. The lowest BCUT2D eigenvalue weighted by Crippen LogP contribution is -2.45. The fourth-order valence-electron chi connectivity index (χ4n) is 4.90. The van der Waals surface area contributed by atoms with Crippen molar-refractivity contribution < 1.29 is 23.8 Å². The van der Waals surface area contributed by atoms with Crippen molar-refractivity contribution >= 4 is 39.2 Å². The molecule has 0 spiro atoms. The molecular weight excluding hydrogens is 574 g/mol. The van der Waals surface area contributed by atoms with E-state index in [2.05, 4.69) is 38.4 Å². The van der Waals surface area contributed by atoms with E-state index < -0.39 is 5.97 Å². The third kappa shape index (κ3) is 7.27. The maximum absolute atomic E-state index is 13.5. The molecule has 1 aliphatic heterocycles. The van der Waals surface area contributed by atoms with Gasteiger partial charge in [0.1, 0.15) is 17.1 Å². The quantitative estimate of drug-likeness (QED) is 0.225. The van der Waals surface area contributed by atoms with Crippen LogP contribution in [-0.2, 0) is 22.4 Å². The Morgan fingerprint density at radius 2 is 1.68 bits per heavy atom. The topological polar surface area (TPSA) is 80.3 Å². The molecule has 9 heteroatoms. The molecular formula is C31H36BrN3O5. The first-order valence-electron chi connectivity index (χ1n) is 13.4. The summed E-state index contributed by atoms with van der Waals surface area (Å²) in [5, 5.41) is 1.95. The molecule has 0 bridgehead atoms. The van der Waals surface area contributed by atoms with Gasteiger partial charge in [0, 0.05) is 24.1 Å². The van der Waals surface area contributed by atoms with Gasteiger partial charge in [-0.2, -0.15) is 0 Å². The Balaban J connectivity index is 1.58. The third-order valence-electron chi connectivity index (χ3n) is 7.04. The molecule has 4 rings (SSSR count). The van der Waals surface area contributed by atoms with Crippen LogP contribution in [0.1, 0.15) is 40.7 Å². The van der Waals surface area contributed by atoms with Gasteiger partial charge in [-0.05, 0) is 73.2 Å². The number of ether oxygens (including phenoxy) is 3. The number of carbonyl (C=O) groups is 2. The highest BCUT2D eigenvalue weighted by atomic mass is 79.9. The van der Waals surface area contributed by atoms with Gasteiger partial charge >= 0.3 is 5.97 Å². The largest absolute Gasteiger partial charge is 0.497 e. The summed E-state index contributed by atoms with van der Waals surface area (Å²) in [6, 6.07) is 19.5. The molecule has 0 saturated carbocycles. The highest BCUT2D eigenvalue weighted by Gasteiger charge is 2.21. The van der Waals surface area contributed by atoms with Gasteiger partial charge in [-0.25, -0.2) is 4.79 Å². The molecule has 1 saturated heterocycles. The summed E-state index contributed by atoms with van der Waals surface area (Å²) < 4.78 is 16.2. The monoisotopic (exact) mass is 609 g/mol. The number of hydrogen-bond acceptors (Lipinski definition) is 7. The summed E-state index contributed by atoms with van der Waals surface area (Å²) in [5.74, 6) is 0.470. The van der Waals surface area contributed by atoms with E-state index in [0.29, 0.717) is 22.3 Å². The van der Waals surface area contributed by atoms with Crippen LogP contribution in [0.4, 0.5) is 11.4 Å². The molecule has 3 aromatic rings. The number of nitrogens with one attached hydrogen (secondary N) is 1. The number of carbonyl (C=O) groups excluding carboxylic acids is 2. The van der Waals surface area contributed by atoms with Gasteiger partial charge in [0.2, 0.25) is 5.91 Å². The van der Waals surface area contributed by atoms with Gasteiger partial charge in [-0.3, -0.25) is 15.2 Å². The second-order valence-electron chi connectivity index (χ2n) is 9.63. The molecule has 212 valence electrons. The SMILES string of the molecule is COC(=O)c1cc(Br)c(CC(=O)NN(CCc2ccc(OC)cc2)c2ccccc2N2CCCCC2)cc1OC. The first-order valence-corrected chi connectivity index (χ1v) is 14.2. The molecule has 8 nitrogen and oxygen atoms in total. The summed E-state index contributed by atoms with van der Waals surface area (Å²) in [6.45, 7) is 2.57. The molecule has 1 aliphatic rings. The molecule has 1 heterocycles. The highest BCUT2D eigenvalue weighted by Crippen LogP contribution is 2.32. The van der Waals surface area contributed by atoms with Crippen LogP contribution in [0.2, 0.25) is 0 Å². The van der Waals surface area contributed by atoms with Gasteiger partial charge in [0.05, 0.1) is 39.1 Å². The van der Waals surface area contributed by atoms with Gasteiger partial charge in [0.25, 0.3) is 0 Å². The minimum Gasteiger partial charge on any atom is -0.497 e. The second kappa shape index (κ2) is 14.1. The predicted octanol–water partition coefficient (Wildman–Crippen LogP) is 5.57. The van der Waals surface area contributed by atoms with Crippen molar-refractivity contribution in [1.82, 2.24) is 5.43 Å². The lowest BCUT2D eigenvalue weighted by atomic mass is 10.1. The van der Waals surface area contributed by atoms with E-state index in [1.54, 1.807) is 19.2 Å². The Labute approximate surface area is 244 Å². The van der Waals surface area contributed by atoms with E-state index in [9.17, 15) is 9.59 Å². The average molecular weight is 611 g/mol. The zero-order chi connectivity index (χ0) is 28.5. The minimum absolute atomic E-state index is 0.0866. The van der Waals surface area contributed by atoms with Gasteiger partial charge in [-0.15, -0.1) is 0 Å². The fourth-order valence-corrected chi connectivity index (χ4v) is 5.38. The van der Waals surface area contributed by atoms with Crippen LogP contribution in [0.15, 0.2) is 65.1 Å². The van der Waals surface area contributed by atoms with E-state index in [0.717, 1.165) is 55.0 Å². The van der Waals surface area contributed by atoms with Gasteiger partial charge in [0.15, 0.2) is 0 Å². The highest BCUT2D eigenvalue weighted by molar-refractivity contribution is 9.10. The zero-order valence-corrected chi connectivity index (χ0v) is 24.8. The number of anilines is 2. The van der Waals surface area contributed by atoms with Crippen molar-refractivity contribution in [3.8, 4) is 11.5 Å². The van der Waals surface area contributed by atoms with E-state index in [1.807, 2.05) is 41.4 Å². The number of nitrogens with zero attached hydrogens (tertiary/aromatic N) is 2. The molecule has 1 amide bonds. The average Bonchev–Trinajstić information content (AvgIpc) is 3.00. The molecule has 0 radical (unpaired) electrons. The van der Waals surface area contributed by atoms with E-state index >= 15 is 0 Å². The lowest BCUT2D eigenvalue weighted by molar-refractivity contribution is -0.120. The van der Waals surface area contributed by atoms with Crippen LogP contribution in [0.25, 0.3) is 0 Å². The Bertz CT molecular complexity index is 1310. The molecule has 1 fully saturated rings. The number of amides is 1. The smallest absolute Gasteiger partial charge is 0.341 e. The number of halogens is 1. The van der Waals surface area contributed by atoms with Crippen LogP contribution in [0.3, 0.4) is 0 Å². The van der Waals surface area contributed by atoms with Crippen molar-refractivity contribution in [2.75, 3.05) is 50.9 Å². The summed E-state index contributed by atoms with van der Waals surface area (Å²) in [6.07, 6.45) is 4.37. The van der Waals surface area contributed by atoms with E-state index in [4.69, 9.17) is 14.2 Å². The number of hydrogen-bond donors (Lipinski definition) is 1. The molecule has 3 aromatic carbocycles. The van der Waals surface area contributed by atoms with Crippen molar-refractivity contribution in [2.24, 2.45) is 0 Å². The number of para-hydroxylation sites is 2. The number of benzene rings is 3. The normalized spacial score (nSPS) is 12.9. The third-order valence-corrected chi connectivity index (χ3v) is 7.78. The van der Waals surface area contributed by atoms with Gasteiger partial charge < -0.3 is 19.1 Å². The van der Waals surface area contributed by atoms with Crippen LogP contribution in [0, 0.1) is 0 Å². The number of piperidine rings is 1. The van der Waals surface area contributed by atoms with E-state index in [1.165, 1.54) is 20.6 Å². The first-order chi connectivity index (χ1) is 19.4. The lowest BCUT2D eigenvalue weighted by Gasteiger charge is -2.34. The number of rotatable bonds is 11. The number of hydrazine groups is 1. The Kier molecular flexibility index (Phi) is 10.3. The minimum atomic E-state index is -0.507. The van der Waals surface area contributed by atoms with Crippen molar-refractivity contribution in [1.29, 1.82) is 0 Å². The molecule has 0 unspecified atom stereocenters. The standard InChI is InChI=1S/C31H36BrN3O5/c1-38-24-13-11-22(12-14-24)15-18-35(28-10-6-5-9-27(28)34-16-7-4-8-17-34)33-30(36)20-23-19-29(39-2)25(21-26(23)32)31(37)40-3/h5-6,9-14,19,21H,4,7-8,15-18,20H2,1-3H3,(H,33,36). The molecule has 0 aromatic heterocycles. The molecule has 1 N–H and O–H groups in total. The van der Waals surface area contributed by atoms with Crippen molar-refractivity contribution in [3.63, 3.8) is 0 Å². The molecule has 0 atom stereocenters.